The van der Waals surface area contributed by atoms with Gasteiger partial charge in [-0.2, -0.15) is 0 Å². The first-order valence-electron chi connectivity index (χ1n) is 5.81. The number of aliphatic hydroxyl groups excluding tert-OH is 1. The molecule has 84 valence electrons. The van der Waals surface area contributed by atoms with Crippen molar-refractivity contribution in [2.24, 2.45) is 11.3 Å². The monoisotopic (exact) mass is 199 g/mol. The number of nitrogens with one attached hydrogen (secondary N) is 1. The summed E-state index contributed by atoms with van der Waals surface area (Å²) in [6, 6.07) is 0.842. The first kappa shape index (κ1) is 12.0. The van der Waals surface area contributed by atoms with E-state index in [-0.39, 0.29) is 12.6 Å². The van der Waals surface area contributed by atoms with E-state index in [0.29, 0.717) is 11.5 Å². The van der Waals surface area contributed by atoms with Gasteiger partial charge in [-0.25, -0.2) is 0 Å². The van der Waals surface area contributed by atoms with Gasteiger partial charge in [-0.1, -0.05) is 20.8 Å². The van der Waals surface area contributed by atoms with Crippen molar-refractivity contribution in [3.05, 3.63) is 0 Å². The van der Waals surface area contributed by atoms with Crippen LogP contribution in [0.15, 0.2) is 0 Å². The Bertz CT molecular complexity index is 179. The second kappa shape index (κ2) is 4.63. The van der Waals surface area contributed by atoms with Crippen LogP contribution < -0.4 is 5.32 Å². The summed E-state index contributed by atoms with van der Waals surface area (Å²) in [4.78, 5) is 0. The standard InChI is InChI=1S/C12H25NO/c1-9-7-12(3,4)6-5-11(9)13-10(2)8-14/h9-11,13-14H,5-8H2,1-4H3/t9?,10-,11?/m1/s1. The molecule has 0 aromatic heterocycles. The van der Waals surface area contributed by atoms with Gasteiger partial charge in [-0.05, 0) is 37.5 Å². The van der Waals surface area contributed by atoms with Gasteiger partial charge >= 0.3 is 0 Å². The van der Waals surface area contributed by atoms with E-state index in [1.165, 1.54) is 19.3 Å². The van der Waals surface area contributed by atoms with Gasteiger partial charge in [0.25, 0.3) is 0 Å². The number of aliphatic hydroxyl groups is 1. The van der Waals surface area contributed by atoms with Crippen LogP contribution in [-0.4, -0.2) is 23.8 Å². The minimum atomic E-state index is 0.240. The zero-order valence-corrected chi connectivity index (χ0v) is 10.0. The van der Waals surface area contributed by atoms with Crippen LogP contribution in [0.4, 0.5) is 0 Å². The van der Waals surface area contributed by atoms with Gasteiger partial charge in [0.15, 0.2) is 0 Å². The van der Waals surface area contributed by atoms with Gasteiger partial charge in [0, 0.05) is 12.1 Å². The number of hydrogen-bond acceptors (Lipinski definition) is 2. The predicted octanol–water partition coefficient (Wildman–Crippen LogP) is 2.17. The minimum Gasteiger partial charge on any atom is -0.395 e. The van der Waals surface area contributed by atoms with E-state index in [0.717, 1.165) is 5.92 Å². The Kier molecular flexibility index (Phi) is 3.96. The van der Waals surface area contributed by atoms with Crippen molar-refractivity contribution in [2.45, 2.75) is 59.0 Å². The molecule has 1 aliphatic rings. The normalized spacial score (nSPS) is 34.1. The third-order valence-corrected chi connectivity index (χ3v) is 3.47. The van der Waals surface area contributed by atoms with Gasteiger partial charge < -0.3 is 10.4 Å². The average molecular weight is 199 g/mol. The number of rotatable bonds is 3. The fourth-order valence-electron chi connectivity index (χ4n) is 2.61. The second-order valence-electron chi connectivity index (χ2n) is 5.74. The Hall–Kier alpha value is -0.0800. The van der Waals surface area contributed by atoms with Gasteiger partial charge in [0.2, 0.25) is 0 Å². The first-order valence-corrected chi connectivity index (χ1v) is 5.81. The predicted molar refractivity (Wildman–Crippen MR) is 60.3 cm³/mol. The molecule has 1 saturated carbocycles. The fourth-order valence-corrected chi connectivity index (χ4v) is 2.61. The van der Waals surface area contributed by atoms with Crippen LogP contribution in [0.2, 0.25) is 0 Å². The summed E-state index contributed by atoms with van der Waals surface area (Å²) in [5.41, 5.74) is 0.514. The SMILES string of the molecule is CC1CC(C)(C)CCC1N[C@H](C)CO. The van der Waals surface area contributed by atoms with E-state index >= 15 is 0 Å². The maximum atomic E-state index is 8.99. The van der Waals surface area contributed by atoms with Crippen LogP contribution in [0.1, 0.15) is 47.0 Å². The maximum Gasteiger partial charge on any atom is 0.0582 e. The van der Waals surface area contributed by atoms with Crippen LogP contribution in [0.3, 0.4) is 0 Å². The molecule has 1 aliphatic carbocycles. The lowest BCUT2D eigenvalue weighted by Crippen LogP contribution is -2.46. The van der Waals surface area contributed by atoms with E-state index in [2.05, 4.69) is 26.1 Å². The van der Waals surface area contributed by atoms with Crippen LogP contribution in [0, 0.1) is 11.3 Å². The highest BCUT2D eigenvalue weighted by molar-refractivity contribution is 4.87. The topological polar surface area (TPSA) is 32.3 Å². The number of hydrogen-bond donors (Lipinski definition) is 2. The Morgan fingerprint density at radius 3 is 2.64 bits per heavy atom. The van der Waals surface area contributed by atoms with Gasteiger partial charge in [0.05, 0.1) is 6.61 Å². The molecule has 0 bridgehead atoms. The summed E-state index contributed by atoms with van der Waals surface area (Å²) in [6.07, 6.45) is 3.84. The van der Waals surface area contributed by atoms with E-state index in [1.807, 2.05) is 6.92 Å². The Morgan fingerprint density at radius 1 is 1.50 bits per heavy atom. The molecule has 0 radical (unpaired) electrons. The first-order chi connectivity index (χ1) is 6.44. The van der Waals surface area contributed by atoms with E-state index in [4.69, 9.17) is 5.11 Å². The molecule has 14 heavy (non-hydrogen) atoms. The quantitative estimate of drug-likeness (QED) is 0.730. The van der Waals surface area contributed by atoms with Crippen LogP contribution >= 0.6 is 0 Å². The lowest BCUT2D eigenvalue weighted by Gasteiger charge is -2.40. The molecule has 1 fully saturated rings. The molecule has 0 heterocycles. The molecule has 0 saturated heterocycles. The summed E-state index contributed by atoms with van der Waals surface area (Å²) < 4.78 is 0. The highest BCUT2D eigenvalue weighted by Gasteiger charge is 2.32. The van der Waals surface area contributed by atoms with Crippen molar-refractivity contribution < 1.29 is 5.11 Å². The summed E-state index contributed by atoms with van der Waals surface area (Å²) in [7, 11) is 0. The van der Waals surface area contributed by atoms with Crippen molar-refractivity contribution in [3.63, 3.8) is 0 Å². The third-order valence-electron chi connectivity index (χ3n) is 3.47. The molecule has 0 aromatic carbocycles. The Balaban J connectivity index is 2.42. The zero-order chi connectivity index (χ0) is 10.8. The smallest absolute Gasteiger partial charge is 0.0582 e. The largest absolute Gasteiger partial charge is 0.395 e. The summed E-state index contributed by atoms with van der Waals surface area (Å²) >= 11 is 0. The second-order valence-corrected chi connectivity index (χ2v) is 5.74. The molecule has 0 amide bonds. The lowest BCUT2D eigenvalue weighted by molar-refractivity contribution is 0.132. The molecule has 0 aromatic rings. The highest BCUT2D eigenvalue weighted by atomic mass is 16.3. The molecule has 3 atom stereocenters. The molecule has 2 unspecified atom stereocenters. The molecule has 2 heteroatoms. The van der Waals surface area contributed by atoms with Crippen molar-refractivity contribution in [2.75, 3.05) is 6.61 Å². The van der Waals surface area contributed by atoms with Gasteiger partial charge in [-0.3, -0.25) is 0 Å². The van der Waals surface area contributed by atoms with Crippen molar-refractivity contribution in [1.29, 1.82) is 0 Å². The molecule has 2 nitrogen and oxygen atoms in total. The minimum absolute atomic E-state index is 0.240. The van der Waals surface area contributed by atoms with E-state index in [1.54, 1.807) is 0 Å². The lowest BCUT2D eigenvalue weighted by atomic mass is 9.70. The van der Waals surface area contributed by atoms with Gasteiger partial charge in [-0.15, -0.1) is 0 Å². The highest BCUT2D eigenvalue weighted by Crippen LogP contribution is 2.38. The van der Waals surface area contributed by atoms with Crippen LogP contribution in [-0.2, 0) is 0 Å². The van der Waals surface area contributed by atoms with E-state index < -0.39 is 0 Å². The van der Waals surface area contributed by atoms with Crippen LogP contribution in [0.5, 0.6) is 0 Å². The molecule has 1 rings (SSSR count). The third kappa shape index (κ3) is 3.25. The van der Waals surface area contributed by atoms with Crippen molar-refractivity contribution >= 4 is 0 Å². The fraction of sp³-hybridized carbons (Fsp3) is 1.00. The Morgan fingerprint density at radius 2 is 2.14 bits per heavy atom. The summed E-state index contributed by atoms with van der Waals surface area (Å²) in [5.74, 6) is 0.729. The zero-order valence-electron chi connectivity index (χ0n) is 10.0. The van der Waals surface area contributed by atoms with Gasteiger partial charge in [0.1, 0.15) is 0 Å². The Labute approximate surface area is 88.1 Å². The molecule has 0 aliphatic heterocycles. The summed E-state index contributed by atoms with van der Waals surface area (Å²) in [5, 5.41) is 12.5. The summed E-state index contributed by atoms with van der Waals surface area (Å²) in [6.45, 7) is 9.33. The van der Waals surface area contributed by atoms with E-state index in [9.17, 15) is 0 Å². The average Bonchev–Trinajstić information content (AvgIpc) is 2.09. The molecular weight excluding hydrogens is 174 g/mol. The maximum absolute atomic E-state index is 8.99. The van der Waals surface area contributed by atoms with Crippen molar-refractivity contribution in [1.82, 2.24) is 5.32 Å². The molecule has 2 N–H and O–H groups in total. The molecule has 0 spiro atoms. The molecular formula is C12H25NO. The van der Waals surface area contributed by atoms with Crippen molar-refractivity contribution in [3.8, 4) is 0 Å². The van der Waals surface area contributed by atoms with Crippen LogP contribution in [0.25, 0.3) is 0 Å².